The fourth-order valence-corrected chi connectivity index (χ4v) is 7.41. The second-order valence-electron chi connectivity index (χ2n) is 17.8. The molecule has 0 aromatic rings. The van der Waals surface area contributed by atoms with E-state index in [1.165, 1.54) is 122 Å². The SMILES string of the molecule is CC/C=C\C/C=C\C/C=C\C/C=C\C/C=C\CCCC(=O)OCC(COC(=O)CCCCCCCCCCCCCCC)OC(=O)CCCCCCC/C=C\CCCCCCCCC. The summed E-state index contributed by atoms with van der Waals surface area (Å²) in [4.78, 5) is 38.0. The van der Waals surface area contributed by atoms with E-state index < -0.39 is 6.10 Å². The molecule has 0 heterocycles. The largest absolute Gasteiger partial charge is 0.462 e. The molecular weight excluding hydrogens is 793 g/mol. The lowest BCUT2D eigenvalue weighted by Crippen LogP contribution is -2.30. The molecule has 0 saturated carbocycles. The Bertz CT molecular complexity index is 1210. The summed E-state index contributed by atoms with van der Waals surface area (Å²) in [7, 11) is 0. The molecule has 0 aliphatic carbocycles. The van der Waals surface area contributed by atoms with Crippen LogP contribution in [0.1, 0.15) is 258 Å². The number of hydrogen-bond acceptors (Lipinski definition) is 6. The Balaban J connectivity index is 4.47. The van der Waals surface area contributed by atoms with E-state index in [2.05, 4.69) is 93.7 Å². The van der Waals surface area contributed by atoms with E-state index in [-0.39, 0.29) is 37.5 Å². The van der Waals surface area contributed by atoms with Gasteiger partial charge in [-0.05, 0) is 83.5 Å². The molecule has 0 N–H and O–H groups in total. The summed E-state index contributed by atoms with van der Waals surface area (Å²) < 4.78 is 16.8. The van der Waals surface area contributed by atoms with Gasteiger partial charge >= 0.3 is 17.9 Å². The van der Waals surface area contributed by atoms with Gasteiger partial charge < -0.3 is 14.2 Å². The van der Waals surface area contributed by atoms with Gasteiger partial charge in [0.2, 0.25) is 0 Å². The summed E-state index contributed by atoms with van der Waals surface area (Å²) in [5.41, 5.74) is 0. The second-order valence-corrected chi connectivity index (χ2v) is 17.8. The summed E-state index contributed by atoms with van der Waals surface area (Å²) in [6, 6.07) is 0. The Kier molecular flexibility index (Phi) is 49.9. The lowest BCUT2D eigenvalue weighted by Gasteiger charge is -2.18. The summed E-state index contributed by atoms with van der Waals surface area (Å²) in [5.74, 6) is -0.959. The summed E-state index contributed by atoms with van der Waals surface area (Å²) in [5, 5.41) is 0. The monoisotopic (exact) mass is 893 g/mol. The molecule has 0 fully saturated rings. The minimum atomic E-state index is -0.800. The summed E-state index contributed by atoms with van der Waals surface area (Å²) in [6.07, 6.45) is 66.0. The van der Waals surface area contributed by atoms with Crippen LogP contribution in [0.15, 0.2) is 72.9 Å². The van der Waals surface area contributed by atoms with Crippen molar-refractivity contribution in [3.63, 3.8) is 0 Å². The molecule has 64 heavy (non-hydrogen) atoms. The van der Waals surface area contributed by atoms with Crippen LogP contribution in [0.25, 0.3) is 0 Å². The van der Waals surface area contributed by atoms with E-state index in [0.717, 1.165) is 89.9 Å². The fraction of sp³-hybridized carbons (Fsp3) is 0.741. The quantitative estimate of drug-likeness (QED) is 0.0262. The number of hydrogen-bond donors (Lipinski definition) is 0. The molecular formula is C58H100O6. The van der Waals surface area contributed by atoms with Crippen LogP contribution >= 0.6 is 0 Å². The van der Waals surface area contributed by atoms with Gasteiger partial charge in [-0.15, -0.1) is 0 Å². The summed E-state index contributed by atoms with van der Waals surface area (Å²) in [6.45, 7) is 6.48. The van der Waals surface area contributed by atoms with Gasteiger partial charge in [-0.1, -0.05) is 229 Å². The third kappa shape index (κ3) is 49.9. The zero-order valence-electron chi connectivity index (χ0n) is 42.0. The lowest BCUT2D eigenvalue weighted by atomic mass is 10.0. The minimum Gasteiger partial charge on any atom is -0.462 e. The van der Waals surface area contributed by atoms with Gasteiger partial charge in [0.15, 0.2) is 6.10 Å². The number of ether oxygens (including phenoxy) is 3. The molecule has 6 nitrogen and oxygen atoms in total. The van der Waals surface area contributed by atoms with Crippen molar-refractivity contribution >= 4 is 17.9 Å². The van der Waals surface area contributed by atoms with Gasteiger partial charge in [0.25, 0.3) is 0 Å². The molecule has 0 rings (SSSR count). The smallest absolute Gasteiger partial charge is 0.306 e. The van der Waals surface area contributed by atoms with E-state index in [1.54, 1.807) is 0 Å². The molecule has 0 aliphatic heterocycles. The van der Waals surface area contributed by atoms with Crippen LogP contribution in [0.5, 0.6) is 0 Å². The zero-order chi connectivity index (χ0) is 46.5. The van der Waals surface area contributed by atoms with Crippen molar-refractivity contribution in [2.24, 2.45) is 0 Å². The zero-order valence-corrected chi connectivity index (χ0v) is 42.0. The van der Waals surface area contributed by atoms with Gasteiger partial charge in [0, 0.05) is 19.3 Å². The van der Waals surface area contributed by atoms with Gasteiger partial charge in [0.05, 0.1) is 0 Å². The van der Waals surface area contributed by atoms with Crippen LogP contribution < -0.4 is 0 Å². The van der Waals surface area contributed by atoms with Crippen LogP contribution in [0.3, 0.4) is 0 Å². The lowest BCUT2D eigenvalue weighted by molar-refractivity contribution is -0.167. The topological polar surface area (TPSA) is 78.9 Å². The fourth-order valence-electron chi connectivity index (χ4n) is 7.41. The van der Waals surface area contributed by atoms with E-state index in [9.17, 15) is 14.4 Å². The Hall–Kier alpha value is -3.15. The Morgan fingerprint density at radius 2 is 0.625 bits per heavy atom. The molecule has 0 aliphatic rings. The van der Waals surface area contributed by atoms with E-state index in [4.69, 9.17) is 14.2 Å². The molecule has 6 heteroatoms. The maximum atomic E-state index is 12.8. The van der Waals surface area contributed by atoms with Crippen LogP contribution in [0, 0.1) is 0 Å². The normalized spacial score (nSPS) is 12.6. The van der Waals surface area contributed by atoms with Gasteiger partial charge in [-0.25, -0.2) is 0 Å². The number of allylic oxidation sites excluding steroid dienone is 12. The average Bonchev–Trinajstić information content (AvgIpc) is 3.29. The average molecular weight is 893 g/mol. The first-order chi connectivity index (χ1) is 31.5. The van der Waals surface area contributed by atoms with Crippen molar-refractivity contribution in [3.8, 4) is 0 Å². The number of unbranched alkanes of at least 4 members (excludes halogenated alkanes) is 25. The second kappa shape index (κ2) is 52.5. The number of esters is 3. The van der Waals surface area contributed by atoms with Gasteiger partial charge in [0.1, 0.15) is 13.2 Å². The molecule has 0 amide bonds. The molecule has 1 atom stereocenters. The molecule has 0 bridgehead atoms. The third-order valence-corrected chi connectivity index (χ3v) is 11.4. The Labute approximate surface area is 395 Å². The first-order valence-electron chi connectivity index (χ1n) is 26.9. The minimum absolute atomic E-state index is 0.0944. The maximum absolute atomic E-state index is 12.8. The van der Waals surface area contributed by atoms with E-state index >= 15 is 0 Å². The van der Waals surface area contributed by atoms with Crippen LogP contribution in [-0.2, 0) is 28.6 Å². The van der Waals surface area contributed by atoms with Gasteiger partial charge in [-0.2, -0.15) is 0 Å². The molecule has 0 aromatic heterocycles. The predicted octanol–water partition coefficient (Wildman–Crippen LogP) is 17.8. The molecule has 1 unspecified atom stereocenters. The van der Waals surface area contributed by atoms with Crippen molar-refractivity contribution in [2.45, 2.75) is 264 Å². The first-order valence-corrected chi connectivity index (χ1v) is 26.9. The van der Waals surface area contributed by atoms with Crippen molar-refractivity contribution < 1.29 is 28.6 Å². The highest BCUT2D eigenvalue weighted by atomic mass is 16.6. The first kappa shape index (κ1) is 60.9. The molecule has 0 radical (unpaired) electrons. The highest BCUT2D eigenvalue weighted by Crippen LogP contribution is 2.15. The highest BCUT2D eigenvalue weighted by Gasteiger charge is 2.19. The summed E-state index contributed by atoms with van der Waals surface area (Å²) >= 11 is 0. The van der Waals surface area contributed by atoms with Crippen molar-refractivity contribution in [3.05, 3.63) is 72.9 Å². The Morgan fingerprint density at radius 1 is 0.328 bits per heavy atom. The number of carbonyl (C=O) groups is 3. The van der Waals surface area contributed by atoms with Crippen molar-refractivity contribution in [1.29, 1.82) is 0 Å². The molecule has 0 spiro atoms. The molecule has 368 valence electrons. The highest BCUT2D eigenvalue weighted by molar-refractivity contribution is 5.71. The van der Waals surface area contributed by atoms with E-state index in [0.29, 0.717) is 19.3 Å². The molecule has 0 aromatic carbocycles. The number of carbonyl (C=O) groups excluding carboxylic acids is 3. The standard InChI is InChI=1S/C58H100O6/c1-4-7-10-13-16-19-22-25-27-29-31-33-36-39-42-45-48-51-57(60)63-54-55(53-62-56(59)50-47-44-41-38-35-32-24-21-18-15-12-9-6-3)64-58(61)52-49-46-43-40-37-34-30-28-26-23-20-17-14-11-8-5-2/h7,10,16,19,25,27-28,30-31,33,39,42,55H,4-6,8-9,11-15,17-18,20-24,26,29,32,34-38,40-41,43-54H2,1-3H3/b10-7-,19-16-,27-25-,30-28-,33-31-,42-39-. The van der Waals surface area contributed by atoms with Crippen LogP contribution in [-0.4, -0.2) is 37.2 Å². The van der Waals surface area contributed by atoms with Crippen molar-refractivity contribution in [1.82, 2.24) is 0 Å². The van der Waals surface area contributed by atoms with Crippen molar-refractivity contribution in [2.75, 3.05) is 13.2 Å². The van der Waals surface area contributed by atoms with E-state index in [1.807, 2.05) is 0 Å². The third-order valence-electron chi connectivity index (χ3n) is 11.4. The van der Waals surface area contributed by atoms with Crippen LogP contribution in [0.4, 0.5) is 0 Å². The maximum Gasteiger partial charge on any atom is 0.306 e. The molecule has 0 saturated heterocycles. The van der Waals surface area contributed by atoms with Gasteiger partial charge in [-0.3, -0.25) is 14.4 Å². The van der Waals surface area contributed by atoms with Crippen LogP contribution in [0.2, 0.25) is 0 Å². The predicted molar refractivity (Wildman–Crippen MR) is 274 cm³/mol. The Morgan fingerprint density at radius 3 is 1.03 bits per heavy atom. The number of rotatable bonds is 48.